The molecule has 1 N–H and O–H groups in total. The predicted octanol–water partition coefficient (Wildman–Crippen LogP) is 4.53. The summed E-state index contributed by atoms with van der Waals surface area (Å²) in [5.74, 6) is -0.299. The molecule has 0 radical (unpaired) electrons. The summed E-state index contributed by atoms with van der Waals surface area (Å²) in [7, 11) is 0. The first-order chi connectivity index (χ1) is 9.20. The van der Waals surface area contributed by atoms with Crippen molar-refractivity contribution >= 4 is 5.69 Å². The summed E-state index contributed by atoms with van der Waals surface area (Å²) >= 11 is 0. The van der Waals surface area contributed by atoms with Gasteiger partial charge in [-0.3, -0.25) is 0 Å². The first kappa shape index (κ1) is 13.9. The van der Waals surface area contributed by atoms with E-state index in [0.29, 0.717) is 17.2 Å². The van der Waals surface area contributed by atoms with E-state index in [0.717, 1.165) is 18.5 Å². The van der Waals surface area contributed by atoms with Crippen LogP contribution in [0.25, 0.3) is 0 Å². The highest BCUT2D eigenvalue weighted by Gasteiger charge is 2.14. The molecule has 1 aromatic carbocycles. The maximum atomic E-state index is 13.7. The average Bonchev–Trinajstić information content (AvgIpc) is 2.37. The van der Waals surface area contributed by atoms with Gasteiger partial charge in [-0.15, -0.1) is 0 Å². The molecule has 1 aliphatic rings. The third kappa shape index (κ3) is 3.70. The van der Waals surface area contributed by atoms with Crippen molar-refractivity contribution in [3.8, 4) is 6.07 Å². The van der Waals surface area contributed by atoms with E-state index in [1.807, 2.05) is 6.07 Å². The third-order valence-electron chi connectivity index (χ3n) is 3.94. The quantitative estimate of drug-likeness (QED) is 0.848. The summed E-state index contributed by atoms with van der Waals surface area (Å²) in [6.45, 7) is 1.77. The standard InChI is InChI=1S/C16H21FN2/c1-12-15(17)9-13(11-18)10-16(12)19-14-7-5-3-2-4-6-8-14/h9-10,14,19H,2-8H2,1H3. The van der Waals surface area contributed by atoms with Gasteiger partial charge < -0.3 is 5.32 Å². The summed E-state index contributed by atoms with van der Waals surface area (Å²) in [6, 6.07) is 5.49. The Morgan fingerprint density at radius 2 is 1.79 bits per heavy atom. The SMILES string of the molecule is Cc1c(F)cc(C#N)cc1NC1CCCCCCC1. The lowest BCUT2D eigenvalue weighted by Gasteiger charge is -2.23. The minimum Gasteiger partial charge on any atom is -0.382 e. The number of rotatable bonds is 2. The van der Waals surface area contributed by atoms with E-state index in [2.05, 4.69) is 5.32 Å². The predicted molar refractivity (Wildman–Crippen MR) is 75.6 cm³/mol. The van der Waals surface area contributed by atoms with Crippen LogP contribution in [0.15, 0.2) is 12.1 Å². The Bertz CT molecular complexity index is 468. The summed E-state index contributed by atoms with van der Waals surface area (Å²) in [6.07, 6.45) is 8.67. The second-order valence-electron chi connectivity index (χ2n) is 5.43. The van der Waals surface area contributed by atoms with Gasteiger partial charge in [0.25, 0.3) is 0 Å². The lowest BCUT2D eigenvalue weighted by molar-refractivity contribution is 0.471. The number of anilines is 1. The van der Waals surface area contributed by atoms with Crippen molar-refractivity contribution in [3.05, 3.63) is 29.1 Å². The van der Waals surface area contributed by atoms with Gasteiger partial charge in [-0.1, -0.05) is 32.1 Å². The molecule has 0 saturated heterocycles. The molecule has 3 heteroatoms. The van der Waals surface area contributed by atoms with Crippen LogP contribution < -0.4 is 5.32 Å². The van der Waals surface area contributed by atoms with Crippen molar-refractivity contribution in [2.75, 3.05) is 5.32 Å². The van der Waals surface area contributed by atoms with E-state index in [4.69, 9.17) is 5.26 Å². The molecular formula is C16H21FN2. The van der Waals surface area contributed by atoms with E-state index in [-0.39, 0.29) is 5.82 Å². The molecule has 0 heterocycles. The highest BCUT2D eigenvalue weighted by molar-refractivity contribution is 5.56. The summed E-state index contributed by atoms with van der Waals surface area (Å²) < 4.78 is 13.7. The van der Waals surface area contributed by atoms with Gasteiger partial charge in [0.15, 0.2) is 0 Å². The normalized spacial score (nSPS) is 17.3. The molecule has 0 aromatic heterocycles. The number of halogens is 1. The second kappa shape index (κ2) is 6.56. The minimum absolute atomic E-state index is 0.299. The van der Waals surface area contributed by atoms with Gasteiger partial charge in [0, 0.05) is 17.3 Å². The van der Waals surface area contributed by atoms with Gasteiger partial charge in [0.1, 0.15) is 5.82 Å². The molecule has 0 spiro atoms. The molecule has 19 heavy (non-hydrogen) atoms. The van der Waals surface area contributed by atoms with E-state index in [9.17, 15) is 4.39 Å². The van der Waals surface area contributed by atoms with Gasteiger partial charge in [0.05, 0.1) is 11.6 Å². The largest absolute Gasteiger partial charge is 0.382 e. The lowest BCUT2D eigenvalue weighted by Crippen LogP contribution is -2.21. The maximum absolute atomic E-state index is 13.7. The number of hydrogen-bond acceptors (Lipinski definition) is 2. The highest BCUT2D eigenvalue weighted by atomic mass is 19.1. The fourth-order valence-electron chi connectivity index (χ4n) is 2.71. The zero-order chi connectivity index (χ0) is 13.7. The first-order valence-corrected chi connectivity index (χ1v) is 7.17. The van der Waals surface area contributed by atoms with Crippen LogP contribution in [0.4, 0.5) is 10.1 Å². The molecule has 1 aromatic rings. The molecule has 0 unspecified atom stereocenters. The number of nitrogens with zero attached hydrogens (tertiary/aromatic N) is 1. The smallest absolute Gasteiger partial charge is 0.129 e. The molecular weight excluding hydrogens is 239 g/mol. The van der Waals surface area contributed by atoms with Gasteiger partial charge >= 0.3 is 0 Å². The fraction of sp³-hybridized carbons (Fsp3) is 0.562. The molecule has 1 fully saturated rings. The minimum atomic E-state index is -0.299. The number of benzene rings is 1. The molecule has 1 aliphatic carbocycles. The zero-order valence-electron chi connectivity index (χ0n) is 11.5. The van der Waals surface area contributed by atoms with E-state index in [1.54, 1.807) is 13.0 Å². The maximum Gasteiger partial charge on any atom is 0.129 e. The Balaban J connectivity index is 2.13. The van der Waals surface area contributed by atoms with Crippen molar-refractivity contribution in [1.82, 2.24) is 0 Å². The second-order valence-corrected chi connectivity index (χ2v) is 5.43. The van der Waals surface area contributed by atoms with Crippen LogP contribution in [-0.2, 0) is 0 Å². The molecule has 2 nitrogen and oxygen atoms in total. The van der Waals surface area contributed by atoms with Crippen LogP contribution in [0.3, 0.4) is 0 Å². The van der Waals surface area contributed by atoms with Crippen molar-refractivity contribution in [2.45, 2.75) is 57.9 Å². The van der Waals surface area contributed by atoms with Crippen molar-refractivity contribution in [3.63, 3.8) is 0 Å². The Morgan fingerprint density at radius 3 is 2.42 bits per heavy atom. The highest BCUT2D eigenvalue weighted by Crippen LogP contribution is 2.25. The van der Waals surface area contributed by atoms with Crippen LogP contribution in [0.2, 0.25) is 0 Å². The van der Waals surface area contributed by atoms with Gasteiger partial charge in [-0.25, -0.2) is 4.39 Å². The van der Waals surface area contributed by atoms with Crippen molar-refractivity contribution in [1.29, 1.82) is 5.26 Å². The van der Waals surface area contributed by atoms with Gasteiger partial charge in [-0.2, -0.15) is 5.26 Å². The summed E-state index contributed by atoms with van der Waals surface area (Å²) in [4.78, 5) is 0. The van der Waals surface area contributed by atoms with Crippen LogP contribution >= 0.6 is 0 Å². The van der Waals surface area contributed by atoms with Crippen LogP contribution in [0, 0.1) is 24.1 Å². The molecule has 0 amide bonds. The van der Waals surface area contributed by atoms with Crippen molar-refractivity contribution < 1.29 is 4.39 Å². The zero-order valence-corrected chi connectivity index (χ0v) is 11.5. The van der Waals surface area contributed by atoms with E-state index < -0.39 is 0 Å². The lowest BCUT2D eigenvalue weighted by atomic mass is 9.96. The number of nitriles is 1. The molecule has 1 saturated carbocycles. The van der Waals surface area contributed by atoms with Gasteiger partial charge in [-0.05, 0) is 31.9 Å². The Hall–Kier alpha value is -1.56. The first-order valence-electron chi connectivity index (χ1n) is 7.17. The molecule has 102 valence electrons. The topological polar surface area (TPSA) is 35.8 Å². The molecule has 0 atom stereocenters. The van der Waals surface area contributed by atoms with E-state index >= 15 is 0 Å². The fourth-order valence-corrected chi connectivity index (χ4v) is 2.71. The number of nitrogens with one attached hydrogen (secondary N) is 1. The van der Waals surface area contributed by atoms with Gasteiger partial charge in [0.2, 0.25) is 0 Å². The molecule has 2 rings (SSSR count). The van der Waals surface area contributed by atoms with Crippen LogP contribution in [0.1, 0.15) is 56.1 Å². The molecule has 0 bridgehead atoms. The van der Waals surface area contributed by atoms with Crippen LogP contribution in [-0.4, -0.2) is 6.04 Å². The average molecular weight is 260 g/mol. The van der Waals surface area contributed by atoms with E-state index in [1.165, 1.54) is 38.2 Å². The third-order valence-corrected chi connectivity index (χ3v) is 3.94. The Kier molecular flexibility index (Phi) is 4.79. The monoisotopic (exact) mass is 260 g/mol. The van der Waals surface area contributed by atoms with Crippen LogP contribution in [0.5, 0.6) is 0 Å². The number of hydrogen-bond donors (Lipinski definition) is 1. The Morgan fingerprint density at radius 1 is 1.16 bits per heavy atom. The molecule has 0 aliphatic heterocycles. The van der Waals surface area contributed by atoms with Crippen molar-refractivity contribution in [2.24, 2.45) is 0 Å². The summed E-state index contributed by atoms with van der Waals surface area (Å²) in [5.41, 5.74) is 1.78. The summed E-state index contributed by atoms with van der Waals surface area (Å²) in [5, 5.41) is 12.4. The Labute approximate surface area is 114 Å².